The molecule has 7 heteroatoms. The van der Waals surface area contributed by atoms with E-state index in [0.29, 0.717) is 17.4 Å². The van der Waals surface area contributed by atoms with Gasteiger partial charge in [0, 0.05) is 36.7 Å². The molecule has 1 aromatic heterocycles. The summed E-state index contributed by atoms with van der Waals surface area (Å²) in [6.45, 7) is 5.54. The number of benzene rings is 2. The van der Waals surface area contributed by atoms with E-state index in [4.69, 9.17) is 4.74 Å². The van der Waals surface area contributed by atoms with Crippen molar-refractivity contribution in [2.75, 3.05) is 25.0 Å². The Kier molecular flexibility index (Phi) is 7.17. The third-order valence-corrected chi connectivity index (χ3v) is 6.08. The van der Waals surface area contributed by atoms with Gasteiger partial charge >= 0.3 is 0 Å². The molecule has 0 atom stereocenters. The molecule has 31 heavy (non-hydrogen) atoms. The van der Waals surface area contributed by atoms with Crippen LogP contribution < -0.4 is 15.4 Å². The summed E-state index contributed by atoms with van der Waals surface area (Å²) >= 11 is 1.43. The standard InChI is InChI=1S/C24H28N4O2S/c1-2-30-21-10-8-19(9-11-21)26-24-27-22(17-31-24)23(29)25-20-12-14-28(15-13-20)16-18-6-4-3-5-7-18/h3-11,17,20H,2,12-16H2,1H3,(H,25,29)(H,26,27). The molecule has 0 bridgehead atoms. The van der Waals surface area contributed by atoms with Crippen molar-refractivity contribution in [1.82, 2.24) is 15.2 Å². The van der Waals surface area contributed by atoms with Crippen LogP contribution in [0.2, 0.25) is 0 Å². The Hall–Kier alpha value is -2.90. The monoisotopic (exact) mass is 436 g/mol. The number of piperidine rings is 1. The lowest BCUT2D eigenvalue weighted by Crippen LogP contribution is -2.44. The first kappa shape index (κ1) is 21.3. The van der Waals surface area contributed by atoms with E-state index in [9.17, 15) is 4.79 Å². The van der Waals surface area contributed by atoms with Gasteiger partial charge in [-0.25, -0.2) is 4.98 Å². The lowest BCUT2D eigenvalue weighted by atomic mass is 10.0. The molecule has 0 aliphatic carbocycles. The molecule has 1 aliphatic heterocycles. The fourth-order valence-electron chi connectivity index (χ4n) is 3.70. The topological polar surface area (TPSA) is 66.5 Å². The fraction of sp³-hybridized carbons (Fsp3) is 0.333. The fourth-order valence-corrected chi connectivity index (χ4v) is 4.41. The van der Waals surface area contributed by atoms with Crippen LogP contribution in [0.15, 0.2) is 60.0 Å². The highest BCUT2D eigenvalue weighted by atomic mass is 32.1. The minimum absolute atomic E-state index is 0.0995. The van der Waals surface area contributed by atoms with Gasteiger partial charge in [0.15, 0.2) is 5.13 Å². The van der Waals surface area contributed by atoms with Gasteiger partial charge in [-0.15, -0.1) is 11.3 Å². The quantitative estimate of drug-likeness (QED) is 0.537. The van der Waals surface area contributed by atoms with Crippen LogP contribution in [0, 0.1) is 0 Å². The average molecular weight is 437 g/mol. The molecule has 0 unspecified atom stereocenters. The number of hydrogen-bond donors (Lipinski definition) is 2. The van der Waals surface area contributed by atoms with Gasteiger partial charge in [-0.1, -0.05) is 30.3 Å². The van der Waals surface area contributed by atoms with Crippen molar-refractivity contribution < 1.29 is 9.53 Å². The SMILES string of the molecule is CCOc1ccc(Nc2nc(C(=O)NC3CCN(Cc4ccccc4)CC3)cs2)cc1. The summed E-state index contributed by atoms with van der Waals surface area (Å²) in [5, 5.41) is 8.90. The van der Waals surface area contributed by atoms with Gasteiger partial charge in [0.1, 0.15) is 11.4 Å². The molecule has 0 spiro atoms. The Morgan fingerprint density at radius 2 is 1.87 bits per heavy atom. The van der Waals surface area contributed by atoms with Crippen LogP contribution in [0.1, 0.15) is 35.8 Å². The number of nitrogens with one attached hydrogen (secondary N) is 2. The third kappa shape index (κ3) is 6.06. The number of rotatable bonds is 8. The van der Waals surface area contributed by atoms with Crippen molar-refractivity contribution in [2.24, 2.45) is 0 Å². The largest absolute Gasteiger partial charge is 0.494 e. The molecule has 2 heterocycles. The summed E-state index contributed by atoms with van der Waals surface area (Å²) in [6.07, 6.45) is 1.92. The Balaban J connectivity index is 1.24. The number of ether oxygens (including phenoxy) is 1. The van der Waals surface area contributed by atoms with E-state index in [1.807, 2.05) is 37.3 Å². The summed E-state index contributed by atoms with van der Waals surface area (Å²) in [4.78, 5) is 19.5. The van der Waals surface area contributed by atoms with Crippen LogP contribution >= 0.6 is 11.3 Å². The van der Waals surface area contributed by atoms with Gasteiger partial charge in [-0.05, 0) is 49.6 Å². The maximum absolute atomic E-state index is 12.6. The van der Waals surface area contributed by atoms with Gasteiger partial charge in [0.05, 0.1) is 6.61 Å². The maximum Gasteiger partial charge on any atom is 0.271 e. The van der Waals surface area contributed by atoms with Crippen molar-refractivity contribution in [2.45, 2.75) is 32.4 Å². The van der Waals surface area contributed by atoms with Gasteiger partial charge < -0.3 is 15.4 Å². The molecule has 1 saturated heterocycles. The van der Waals surface area contributed by atoms with Crippen molar-refractivity contribution in [3.05, 3.63) is 71.2 Å². The summed E-state index contributed by atoms with van der Waals surface area (Å²) in [7, 11) is 0. The van der Waals surface area contributed by atoms with E-state index >= 15 is 0 Å². The van der Waals surface area contributed by atoms with Crippen LogP contribution in [0.5, 0.6) is 5.75 Å². The number of anilines is 2. The average Bonchev–Trinajstić information content (AvgIpc) is 3.26. The molecule has 4 rings (SSSR count). The zero-order valence-corrected chi connectivity index (χ0v) is 18.5. The Labute approximate surface area is 187 Å². The van der Waals surface area contributed by atoms with Crippen LogP contribution in [0.25, 0.3) is 0 Å². The third-order valence-electron chi connectivity index (χ3n) is 5.33. The zero-order valence-electron chi connectivity index (χ0n) is 17.7. The molecule has 1 fully saturated rings. The molecule has 0 saturated carbocycles. The van der Waals surface area contributed by atoms with Crippen LogP contribution in [-0.2, 0) is 6.54 Å². The van der Waals surface area contributed by atoms with Crippen LogP contribution in [-0.4, -0.2) is 41.5 Å². The van der Waals surface area contributed by atoms with Crippen molar-refractivity contribution in [3.63, 3.8) is 0 Å². The Morgan fingerprint density at radius 3 is 2.58 bits per heavy atom. The molecule has 6 nitrogen and oxygen atoms in total. The summed E-state index contributed by atoms with van der Waals surface area (Å²) in [5.74, 6) is 0.736. The lowest BCUT2D eigenvalue weighted by molar-refractivity contribution is 0.0904. The van der Waals surface area contributed by atoms with Gasteiger partial charge in [0.25, 0.3) is 5.91 Å². The smallest absolute Gasteiger partial charge is 0.271 e. The van der Waals surface area contributed by atoms with E-state index in [0.717, 1.165) is 43.9 Å². The molecular weight excluding hydrogens is 408 g/mol. The first-order valence-electron chi connectivity index (χ1n) is 10.7. The minimum atomic E-state index is -0.0995. The van der Waals surface area contributed by atoms with Crippen LogP contribution in [0.3, 0.4) is 0 Å². The van der Waals surface area contributed by atoms with E-state index in [2.05, 4.69) is 44.8 Å². The molecule has 1 amide bonds. The number of amides is 1. The molecule has 2 N–H and O–H groups in total. The lowest BCUT2D eigenvalue weighted by Gasteiger charge is -2.32. The molecular formula is C24H28N4O2S. The second-order valence-electron chi connectivity index (χ2n) is 7.63. The zero-order chi connectivity index (χ0) is 21.5. The van der Waals surface area contributed by atoms with Crippen LogP contribution in [0.4, 0.5) is 10.8 Å². The van der Waals surface area contributed by atoms with E-state index in [-0.39, 0.29) is 11.9 Å². The normalized spacial score (nSPS) is 14.9. The summed E-state index contributed by atoms with van der Waals surface area (Å²) in [5.41, 5.74) is 2.71. The highest BCUT2D eigenvalue weighted by molar-refractivity contribution is 7.14. The van der Waals surface area contributed by atoms with Crippen molar-refractivity contribution in [1.29, 1.82) is 0 Å². The number of nitrogens with zero attached hydrogens (tertiary/aromatic N) is 2. The molecule has 3 aromatic rings. The second kappa shape index (κ2) is 10.4. The molecule has 1 aliphatic rings. The first-order chi connectivity index (χ1) is 15.2. The predicted molar refractivity (Wildman–Crippen MR) is 125 cm³/mol. The van der Waals surface area contributed by atoms with E-state index < -0.39 is 0 Å². The predicted octanol–water partition coefficient (Wildman–Crippen LogP) is 4.68. The summed E-state index contributed by atoms with van der Waals surface area (Å²) < 4.78 is 5.46. The molecule has 2 aromatic carbocycles. The van der Waals surface area contributed by atoms with E-state index in [1.54, 1.807) is 5.38 Å². The summed E-state index contributed by atoms with van der Waals surface area (Å²) in [6, 6.07) is 18.4. The van der Waals surface area contributed by atoms with Crippen molar-refractivity contribution in [3.8, 4) is 5.75 Å². The molecule has 162 valence electrons. The number of carbonyl (C=O) groups is 1. The Morgan fingerprint density at radius 1 is 1.13 bits per heavy atom. The first-order valence-corrected chi connectivity index (χ1v) is 11.6. The number of likely N-dealkylation sites (tertiary alicyclic amines) is 1. The number of aromatic nitrogens is 1. The van der Waals surface area contributed by atoms with E-state index in [1.165, 1.54) is 16.9 Å². The number of thiazole rings is 1. The maximum atomic E-state index is 12.6. The van der Waals surface area contributed by atoms with Gasteiger partial charge in [0.2, 0.25) is 0 Å². The highest BCUT2D eigenvalue weighted by Gasteiger charge is 2.22. The number of hydrogen-bond acceptors (Lipinski definition) is 6. The minimum Gasteiger partial charge on any atom is -0.494 e. The van der Waals surface area contributed by atoms with Crippen molar-refractivity contribution >= 4 is 28.1 Å². The Bertz CT molecular complexity index is 967. The molecule has 0 radical (unpaired) electrons. The van der Waals surface area contributed by atoms with Gasteiger partial charge in [-0.3, -0.25) is 9.69 Å². The van der Waals surface area contributed by atoms with Gasteiger partial charge in [-0.2, -0.15) is 0 Å². The highest BCUT2D eigenvalue weighted by Crippen LogP contribution is 2.23. The second-order valence-corrected chi connectivity index (χ2v) is 8.49. The number of carbonyl (C=O) groups excluding carboxylic acids is 1.